The van der Waals surface area contributed by atoms with Crippen LogP contribution < -0.4 is 5.32 Å². The maximum absolute atomic E-state index is 12.8. The molecule has 4 aromatic rings. The maximum atomic E-state index is 12.8. The molecular formula is C22H23N5O2. The van der Waals surface area contributed by atoms with Crippen LogP contribution in [0.1, 0.15) is 21.7 Å². The smallest absolute Gasteiger partial charge is 0.278 e. The highest BCUT2D eigenvalue weighted by molar-refractivity contribution is 6.04. The van der Waals surface area contributed by atoms with Crippen LogP contribution in [-0.4, -0.2) is 39.2 Å². The van der Waals surface area contributed by atoms with Crippen molar-refractivity contribution in [2.45, 2.75) is 20.4 Å². The third-order valence-corrected chi connectivity index (χ3v) is 4.92. The summed E-state index contributed by atoms with van der Waals surface area (Å²) in [5, 5.41) is 12.2. The number of nitrogens with zero attached hydrogens (tertiary/aromatic N) is 4. The van der Waals surface area contributed by atoms with E-state index in [0.717, 1.165) is 34.4 Å². The molecule has 0 atom stereocenters. The molecule has 1 N–H and O–H groups in total. The van der Waals surface area contributed by atoms with Gasteiger partial charge < -0.3 is 14.6 Å². The molecule has 0 spiro atoms. The average Bonchev–Trinajstić information content (AvgIpc) is 3.29. The first-order valence-electron chi connectivity index (χ1n) is 9.45. The van der Waals surface area contributed by atoms with Crippen molar-refractivity contribution in [2.24, 2.45) is 0 Å². The molecule has 2 heterocycles. The standard InChI is InChI=1S/C22H23N5O2/c1-15-5-4-6-19(13-15)27-16(2)21(24-25-27)22(28)23-18-7-8-20-17(14-18)9-10-26(20)11-12-29-3/h4-10,13-14H,11-12H2,1-3H3,(H,23,28). The van der Waals surface area contributed by atoms with Crippen LogP contribution in [0.5, 0.6) is 0 Å². The van der Waals surface area contributed by atoms with Crippen LogP contribution in [-0.2, 0) is 11.3 Å². The van der Waals surface area contributed by atoms with Gasteiger partial charge in [0.15, 0.2) is 5.69 Å². The summed E-state index contributed by atoms with van der Waals surface area (Å²) >= 11 is 0. The van der Waals surface area contributed by atoms with Gasteiger partial charge in [-0.2, -0.15) is 0 Å². The highest BCUT2D eigenvalue weighted by Crippen LogP contribution is 2.22. The number of carbonyl (C=O) groups is 1. The zero-order chi connectivity index (χ0) is 20.4. The van der Waals surface area contributed by atoms with Gasteiger partial charge in [-0.25, -0.2) is 4.68 Å². The molecule has 2 aromatic heterocycles. The lowest BCUT2D eigenvalue weighted by atomic mass is 10.2. The van der Waals surface area contributed by atoms with E-state index in [-0.39, 0.29) is 5.91 Å². The normalized spacial score (nSPS) is 11.1. The fraction of sp³-hybridized carbons (Fsp3) is 0.227. The fourth-order valence-electron chi connectivity index (χ4n) is 3.40. The molecule has 2 aromatic carbocycles. The van der Waals surface area contributed by atoms with E-state index in [1.165, 1.54) is 0 Å². The van der Waals surface area contributed by atoms with Crippen LogP contribution in [0.2, 0.25) is 0 Å². The average molecular weight is 389 g/mol. The van der Waals surface area contributed by atoms with Gasteiger partial charge in [0, 0.05) is 36.4 Å². The van der Waals surface area contributed by atoms with Gasteiger partial charge in [0.1, 0.15) is 0 Å². The number of aromatic nitrogens is 4. The van der Waals surface area contributed by atoms with E-state index in [1.54, 1.807) is 11.8 Å². The summed E-state index contributed by atoms with van der Waals surface area (Å²) < 4.78 is 8.96. The number of ether oxygens (including phenoxy) is 1. The topological polar surface area (TPSA) is 74.0 Å². The van der Waals surface area contributed by atoms with Crippen LogP contribution in [0.4, 0.5) is 5.69 Å². The van der Waals surface area contributed by atoms with E-state index in [9.17, 15) is 4.79 Å². The number of amides is 1. The van der Waals surface area contributed by atoms with Gasteiger partial charge in [-0.15, -0.1) is 5.10 Å². The van der Waals surface area contributed by atoms with E-state index in [1.807, 2.05) is 68.6 Å². The van der Waals surface area contributed by atoms with Gasteiger partial charge >= 0.3 is 0 Å². The second kappa shape index (κ2) is 7.89. The first-order chi connectivity index (χ1) is 14.1. The van der Waals surface area contributed by atoms with E-state index in [2.05, 4.69) is 20.2 Å². The molecule has 0 saturated heterocycles. The number of carbonyl (C=O) groups excluding carboxylic acids is 1. The molecule has 0 fully saturated rings. The molecule has 0 aliphatic carbocycles. The highest BCUT2D eigenvalue weighted by atomic mass is 16.5. The summed E-state index contributed by atoms with van der Waals surface area (Å²) in [6.45, 7) is 5.30. The molecule has 1 amide bonds. The van der Waals surface area contributed by atoms with Crippen LogP contribution in [0.25, 0.3) is 16.6 Å². The van der Waals surface area contributed by atoms with Crippen molar-refractivity contribution in [1.82, 2.24) is 19.6 Å². The number of nitrogens with one attached hydrogen (secondary N) is 1. The van der Waals surface area contributed by atoms with Crippen molar-refractivity contribution in [1.29, 1.82) is 0 Å². The first-order valence-corrected chi connectivity index (χ1v) is 9.45. The third kappa shape index (κ3) is 3.77. The molecule has 7 nitrogen and oxygen atoms in total. The zero-order valence-corrected chi connectivity index (χ0v) is 16.7. The predicted octanol–water partition coefficient (Wildman–Crippen LogP) is 3.74. The van der Waals surface area contributed by atoms with Gasteiger partial charge in [0.25, 0.3) is 5.91 Å². The number of methoxy groups -OCH3 is 1. The molecule has 0 aliphatic heterocycles. The van der Waals surface area contributed by atoms with Gasteiger partial charge in [0.2, 0.25) is 0 Å². The van der Waals surface area contributed by atoms with Gasteiger partial charge in [-0.3, -0.25) is 4.79 Å². The van der Waals surface area contributed by atoms with Crippen molar-refractivity contribution in [3.63, 3.8) is 0 Å². The van der Waals surface area contributed by atoms with Crippen molar-refractivity contribution in [2.75, 3.05) is 19.0 Å². The third-order valence-electron chi connectivity index (χ3n) is 4.92. The number of hydrogen-bond donors (Lipinski definition) is 1. The Labute approximate surface area is 168 Å². The minimum atomic E-state index is -0.278. The van der Waals surface area contributed by atoms with Crippen molar-refractivity contribution < 1.29 is 9.53 Å². The number of aryl methyl sites for hydroxylation is 1. The fourth-order valence-corrected chi connectivity index (χ4v) is 3.40. The summed E-state index contributed by atoms with van der Waals surface area (Å²) in [6, 6.07) is 15.8. The molecule has 7 heteroatoms. The molecule has 0 aliphatic rings. The maximum Gasteiger partial charge on any atom is 0.278 e. The summed E-state index contributed by atoms with van der Waals surface area (Å²) in [4.78, 5) is 12.8. The van der Waals surface area contributed by atoms with Gasteiger partial charge in [-0.05, 0) is 55.8 Å². The second-order valence-electron chi connectivity index (χ2n) is 7.00. The molecule has 29 heavy (non-hydrogen) atoms. The minimum absolute atomic E-state index is 0.278. The Kier molecular flexibility index (Phi) is 5.14. The second-order valence-corrected chi connectivity index (χ2v) is 7.00. The predicted molar refractivity (Wildman–Crippen MR) is 113 cm³/mol. The lowest BCUT2D eigenvalue weighted by Gasteiger charge is -2.07. The first kappa shape index (κ1) is 18.9. The summed E-state index contributed by atoms with van der Waals surface area (Å²) in [6.07, 6.45) is 2.02. The number of benzene rings is 2. The number of rotatable bonds is 6. The highest BCUT2D eigenvalue weighted by Gasteiger charge is 2.18. The van der Waals surface area contributed by atoms with E-state index < -0.39 is 0 Å². The molecule has 0 unspecified atom stereocenters. The van der Waals surface area contributed by atoms with Crippen molar-refractivity contribution in [3.05, 3.63) is 71.7 Å². The van der Waals surface area contributed by atoms with Crippen LogP contribution >= 0.6 is 0 Å². The van der Waals surface area contributed by atoms with Crippen LogP contribution in [0, 0.1) is 13.8 Å². The quantitative estimate of drug-likeness (QED) is 0.545. The zero-order valence-electron chi connectivity index (χ0n) is 16.7. The summed E-state index contributed by atoms with van der Waals surface area (Å²) in [5.74, 6) is -0.278. The number of hydrogen-bond acceptors (Lipinski definition) is 4. The Bertz CT molecular complexity index is 1180. The Hall–Kier alpha value is -3.45. The largest absolute Gasteiger partial charge is 0.383 e. The number of anilines is 1. The number of fused-ring (bicyclic) bond motifs is 1. The summed E-state index contributed by atoms with van der Waals surface area (Å²) in [5.41, 5.74) is 4.82. The van der Waals surface area contributed by atoms with E-state index in [0.29, 0.717) is 18.0 Å². The molecular weight excluding hydrogens is 366 g/mol. The molecule has 0 saturated carbocycles. The van der Waals surface area contributed by atoms with E-state index >= 15 is 0 Å². The Morgan fingerprint density at radius 3 is 2.79 bits per heavy atom. The van der Waals surface area contributed by atoms with E-state index in [4.69, 9.17) is 4.74 Å². The lowest BCUT2D eigenvalue weighted by molar-refractivity contribution is 0.102. The monoisotopic (exact) mass is 389 g/mol. The Balaban J connectivity index is 1.55. The molecule has 0 radical (unpaired) electrons. The van der Waals surface area contributed by atoms with Gasteiger partial charge in [-0.1, -0.05) is 17.3 Å². The van der Waals surface area contributed by atoms with Crippen LogP contribution in [0.15, 0.2) is 54.7 Å². The van der Waals surface area contributed by atoms with Crippen LogP contribution in [0.3, 0.4) is 0 Å². The van der Waals surface area contributed by atoms with Crippen molar-refractivity contribution in [3.8, 4) is 5.69 Å². The molecule has 0 bridgehead atoms. The minimum Gasteiger partial charge on any atom is -0.383 e. The lowest BCUT2D eigenvalue weighted by Crippen LogP contribution is -2.14. The molecule has 148 valence electrons. The Morgan fingerprint density at radius 1 is 1.14 bits per heavy atom. The SMILES string of the molecule is COCCn1ccc2cc(NC(=O)c3nnn(-c4cccc(C)c4)c3C)ccc21. The summed E-state index contributed by atoms with van der Waals surface area (Å²) in [7, 11) is 1.69. The van der Waals surface area contributed by atoms with Crippen molar-refractivity contribution >= 4 is 22.5 Å². The molecule has 4 rings (SSSR count). The van der Waals surface area contributed by atoms with Gasteiger partial charge in [0.05, 0.1) is 18.0 Å². The Morgan fingerprint density at radius 2 is 2.00 bits per heavy atom.